The van der Waals surface area contributed by atoms with Gasteiger partial charge in [-0.3, -0.25) is 0 Å². The molecule has 1 heterocycles. The van der Waals surface area contributed by atoms with Crippen molar-refractivity contribution < 1.29 is 25.6 Å². The largest absolute Gasteiger partial charge is 0.468 e. The molecule has 3 rings (SSSR count). The van der Waals surface area contributed by atoms with Crippen LogP contribution in [0.5, 0.6) is 0 Å². The molecule has 0 aliphatic carbocycles. The van der Waals surface area contributed by atoms with E-state index in [-0.39, 0.29) is 15.6 Å². The summed E-state index contributed by atoms with van der Waals surface area (Å²) in [6, 6.07) is 12.7. The first-order valence-electron chi connectivity index (χ1n) is 7.98. The molecule has 0 radical (unpaired) electrons. The molecule has 3 aromatic rings. The minimum absolute atomic E-state index is 0.0284. The van der Waals surface area contributed by atoms with Gasteiger partial charge in [0.1, 0.15) is 16.8 Å². The van der Waals surface area contributed by atoms with E-state index in [0.717, 1.165) is 24.3 Å². The van der Waals surface area contributed by atoms with E-state index in [9.17, 15) is 21.2 Å². The highest BCUT2D eigenvalue weighted by molar-refractivity contribution is 7.92. The van der Waals surface area contributed by atoms with Gasteiger partial charge >= 0.3 is 0 Å². The molecule has 28 heavy (non-hydrogen) atoms. The quantitative estimate of drug-likeness (QED) is 0.602. The van der Waals surface area contributed by atoms with Gasteiger partial charge in [0, 0.05) is 11.6 Å². The normalized spacial score (nSPS) is 13.4. The van der Waals surface area contributed by atoms with Gasteiger partial charge in [-0.05, 0) is 60.7 Å². The Hall–Kier alpha value is -2.20. The van der Waals surface area contributed by atoms with Crippen LogP contribution in [0.4, 0.5) is 4.39 Å². The van der Waals surface area contributed by atoms with Crippen molar-refractivity contribution in [1.29, 1.82) is 0 Å². The molecule has 0 aliphatic rings. The van der Waals surface area contributed by atoms with E-state index in [1.807, 2.05) is 0 Å². The Labute approximate surface area is 166 Å². The van der Waals surface area contributed by atoms with E-state index < -0.39 is 37.5 Å². The highest BCUT2D eigenvalue weighted by Crippen LogP contribution is 2.30. The summed E-state index contributed by atoms with van der Waals surface area (Å²) in [7, 11) is -8.05. The van der Waals surface area contributed by atoms with Crippen molar-refractivity contribution in [2.75, 3.05) is 6.54 Å². The first-order valence-corrected chi connectivity index (χ1v) is 11.4. The van der Waals surface area contributed by atoms with Gasteiger partial charge in [0.15, 0.2) is 9.84 Å². The highest BCUT2D eigenvalue weighted by atomic mass is 35.5. The van der Waals surface area contributed by atoms with Crippen LogP contribution >= 0.6 is 11.6 Å². The lowest BCUT2D eigenvalue weighted by molar-refractivity contribution is 0.486. The molecule has 0 saturated heterocycles. The summed E-state index contributed by atoms with van der Waals surface area (Å²) in [6.45, 7) is -0.474. The van der Waals surface area contributed by atoms with Crippen molar-refractivity contribution in [3.05, 3.63) is 83.5 Å². The fraction of sp³-hybridized carbons (Fsp3) is 0.111. The smallest absolute Gasteiger partial charge is 0.240 e. The predicted octanol–water partition coefficient (Wildman–Crippen LogP) is 3.57. The van der Waals surface area contributed by atoms with Crippen molar-refractivity contribution in [1.82, 2.24) is 4.72 Å². The summed E-state index contributed by atoms with van der Waals surface area (Å²) in [4.78, 5) is -0.213. The third kappa shape index (κ3) is 4.44. The fourth-order valence-corrected chi connectivity index (χ4v) is 5.37. The van der Waals surface area contributed by atoms with Gasteiger partial charge in [0.05, 0.1) is 16.1 Å². The van der Waals surface area contributed by atoms with Gasteiger partial charge in [0.2, 0.25) is 10.0 Å². The summed E-state index contributed by atoms with van der Waals surface area (Å²) in [5.41, 5.74) is 0. The molecular formula is C18H15ClFNO5S2. The van der Waals surface area contributed by atoms with Gasteiger partial charge in [-0.25, -0.2) is 25.9 Å². The van der Waals surface area contributed by atoms with Gasteiger partial charge in [0.25, 0.3) is 0 Å². The van der Waals surface area contributed by atoms with Gasteiger partial charge < -0.3 is 4.42 Å². The Morgan fingerprint density at radius 2 is 1.54 bits per heavy atom. The first-order chi connectivity index (χ1) is 13.2. The van der Waals surface area contributed by atoms with Crippen LogP contribution in [0.25, 0.3) is 0 Å². The zero-order valence-electron chi connectivity index (χ0n) is 14.2. The second kappa shape index (κ2) is 8.04. The van der Waals surface area contributed by atoms with E-state index in [0.29, 0.717) is 5.02 Å². The average molecular weight is 444 g/mol. The Morgan fingerprint density at radius 1 is 0.929 bits per heavy atom. The molecular weight excluding hydrogens is 429 g/mol. The molecule has 1 atom stereocenters. The SMILES string of the molecule is O=S(=O)(NCC(c1ccco1)S(=O)(=O)c1ccc(Cl)cc1)c1ccc(F)cc1. The summed E-state index contributed by atoms with van der Waals surface area (Å²) in [5, 5.41) is -0.940. The van der Waals surface area contributed by atoms with Crippen LogP contribution in [0.2, 0.25) is 5.02 Å². The van der Waals surface area contributed by atoms with Gasteiger partial charge in [-0.1, -0.05) is 11.6 Å². The molecule has 148 valence electrons. The van der Waals surface area contributed by atoms with Crippen molar-refractivity contribution >= 4 is 31.5 Å². The van der Waals surface area contributed by atoms with E-state index in [4.69, 9.17) is 16.0 Å². The fourth-order valence-electron chi connectivity index (χ4n) is 2.51. The molecule has 0 bridgehead atoms. The molecule has 0 fully saturated rings. The number of hydrogen-bond donors (Lipinski definition) is 1. The molecule has 0 saturated carbocycles. The van der Waals surface area contributed by atoms with Gasteiger partial charge in [-0.2, -0.15) is 0 Å². The minimum Gasteiger partial charge on any atom is -0.468 e. The number of sulfonamides is 1. The van der Waals surface area contributed by atoms with Crippen LogP contribution < -0.4 is 4.72 Å². The third-order valence-electron chi connectivity index (χ3n) is 3.96. The summed E-state index contributed by atoms with van der Waals surface area (Å²) in [6.07, 6.45) is 1.30. The topological polar surface area (TPSA) is 93.4 Å². The van der Waals surface area contributed by atoms with Crippen LogP contribution in [0, 0.1) is 5.82 Å². The Bertz CT molecular complexity index is 1140. The monoisotopic (exact) mass is 443 g/mol. The number of sulfone groups is 1. The zero-order chi connectivity index (χ0) is 20.4. The molecule has 1 aromatic heterocycles. The standard InChI is InChI=1S/C18H15ClFNO5S2/c19-13-3-7-15(8-4-13)27(22,23)18(17-2-1-11-26-17)12-21-28(24,25)16-9-5-14(20)6-10-16/h1-11,18,21H,12H2. The lowest BCUT2D eigenvalue weighted by Crippen LogP contribution is -2.31. The minimum atomic E-state index is -4.06. The van der Waals surface area contributed by atoms with Crippen molar-refractivity contribution in [2.24, 2.45) is 0 Å². The van der Waals surface area contributed by atoms with E-state index in [1.165, 1.54) is 42.7 Å². The van der Waals surface area contributed by atoms with Crippen LogP contribution in [0.15, 0.2) is 81.1 Å². The summed E-state index contributed by atoms with van der Waals surface area (Å²) in [5.74, 6) is -0.505. The zero-order valence-corrected chi connectivity index (χ0v) is 16.6. The lowest BCUT2D eigenvalue weighted by atomic mass is 10.3. The van der Waals surface area contributed by atoms with Crippen LogP contribution in [-0.4, -0.2) is 23.4 Å². The molecule has 0 spiro atoms. The number of benzene rings is 2. The Morgan fingerprint density at radius 3 is 2.11 bits per heavy atom. The molecule has 6 nitrogen and oxygen atoms in total. The maximum absolute atomic E-state index is 13.1. The number of nitrogens with one attached hydrogen (secondary N) is 1. The number of hydrogen-bond acceptors (Lipinski definition) is 5. The highest BCUT2D eigenvalue weighted by Gasteiger charge is 2.33. The van der Waals surface area contributed by atoms with Crippen LogP contribution in [-0.2, 0) is 19.9 Å². The summed E-state index contributed by atoms with van der Waals surface area (Å²) < 4.78 is 71.5. The van der Waals surface area contributed by atoms with Crippen LogP contribution in [0.1, 0.15) is 11.0 Å². The average Bonchev–Trinajstić information content (AvgIpc) is 3.16. The van der Waals surface area contributed by atoms with E-state index >= 15 is 0 Å². The molecule has 2 aromatic carbocycles. The predicted molar refractivity (Wildman–Crippen MR) is 102 cm³/mol. The Balaban J connectivity index is 1.91. The molecule has 1 unspecified atom stereocenters. The molecule has 0 amide bonds. The van der Waals surface area contributed by atoms with Gasteiger partial charge in [-0.15, -0.1) is 0 Å². The van der Waals surface area contributed by atoms with Crippen LogP contribution in [0.3, 0.4) is 0 Å². The number of furan rings is 1. The lowest BCUT2D eigenvalue weighted by Gasteiger charge is -2.17. The van der Waals surface area contributed by atoms with E-state index in [2.05, 4.69) is 4.72 Å². The molecule has 1 N–H and O–H groups in total. The second-order valence-electron chi connectivity index (χ2n) is 5.81. The molecule has 10 heteroatoms. The Kier molecular flexibility index (Phi) is 5.90. The summed E-state index contributed by atoms with van der Waals surface area (Å²) >= 11 is 5.81. The van der Waals surface area contributed by atoms with Crippen molar-refractivity contribution in [3.63, 3.8) is 0 Å². The third-order valence-corrected chi connectivity index (χ3v) is 7.73. The number of rotatable bonds is 7. The second-order valence-corrected chi connectivity index (χ2v) is 10.1. The number of halogens is 2. The molecule has 0 aliphatic heterocycles. The maximum Gasteiger partial charge on any atom is 0.240 e. The first kappa shape index (κ1) is 20.5. The maximum atomic E-state index is 13.1. The van der Waals surface area contributed by atoms with E-state index in [1.54, 1.807) is 0 Å². The van der Waals surface area contributed by atoms with Crippen molar-refractivity contribution in [2.45, 2.75) is 15.0 Å². The van der Waals surface area contributed by atoms with Crippen molar-refractivity contribution in [3.8, 4) is 0 Å².